The van der Waals surface area contributed by atoms with Crippen LogP contribution in [0.25, 0.3) is 0 Å². The second kappa shape index (κ2) is 6.53. The molecule has 2 aliphatic rings. The van der Waals surface area contributed by atoms with Gasteiger partial charge in [-0.3, -0.25) is 9.80 Å². The third kappa shape index (κ3) is 3.79. The molecular weight excluding hydrogens is 260 g/mol. The lowest BCUT2D eigenvalue weighted by Crippen LogP contribution is -2.67. The van der Waals surface area contributed by atoms with Crippen molar-refractivity contribution in [1.82, 2.24) is 14.7 Å². The van der Waals surface area contributed by atoms with Crippen LogP contribution in [0.2, 0.25) is 0 Å². The lowest BCUT2D eigenvalue weighted by molar-refractivity contribution is -0.0475. The minimum absolute atomic E-state index is 0.242. The number of likely N-dealkylation sites (N-methyl/N-ethyl adjacent to an activating group) is 1. The minimum Gasteiger partial charge on any atom is -0.329 e. The molecule has 0 aromatic carbocycles. The summed E-state index contributed by atoms with van der Waals surface area (Å²) in [6, 6.07) is 0. The van der Waals surface area contributed by atoms with E-state index in [1.54, 1.807) is 0 Å². The van der Waals surface area contributed by atoms with Gasteiger partial charge in [0.05, 0.1) is 0 Å². The summed E-state index contributed by atoms with van der Waals surface area (Å²) in [5.74, 6) is 0.762. The van der Waals surface area contributed by atoms with Gasteiger partial charge in [0.1, 0.15) is 0 Å². The van der Waals surface area contributed by atoms with Gasteiger partial charge in [-0.2, -0.15) is 0 Å². The molecule has 0 aliphatic carbocycles. The van der Waals surface area contributed by atoms with E-state index in [-0.39, 0.29) is 11.1 Å². The van der Waals surface area contributed by atoms with E-state index >= 15 is 0 Å². The molecule has 2 aliphatic heterocycles. The summed E-state index contributed by atoms with van der Waals surface area (Å²) in [6.07, 6.45) is 2.46. The molecule has 2 saturated heterocycles. The van der Waals surface area contributed by atoms with E-state index in [0.717, 1.165) is 25.6 Å². The maximum absolute atomic E-state index is 6.27. The van der Waals surface area contributed by atoms with Crippen molar-refractivity contribution in [2.45, 2.75) is 51.6 Å². The highest BCUT2D eigenvalue weighted by molar-refractivity contribution is 5.01. The smallest absolute Gasteiger partial charge is 0.0357 e. The molecule has 0 aromatic rings. The van der Waals surface area contributed by atoms with Crippen molar-refractivity contribution >= 4 is 0 Å². The average molecular weight is 297 g/mol. The van der Waals surface area contributed by atoms with Crippen molar-refractivity contribution < 1.29 is 0 Å². The zero-order chi connectivity index (χ0) is 15.7. The lowest BCUT2D eigenvalue weighted by atomic mass is 9.83. The highest BCUT2D eigenvalue weighted by atomic mass is 15.3. The number of nitrogens with two attached hydrogens (primary N) is 1. The van der Waals surface area contributed by atoms with Gasteiger partial charge >= 0.3 is 0 Å². The van der Waals surface area contributed by atoms with Gasteiger partial charge in [0.25, 0.3) is 0 Å². The van der Waals surface area contributed by atoms with Gasteiger partial charge in [-0.25, -0.2) is 0 Å². The van der Waals surface area contributed by atoms with Gasteiger partial charge in [0, 0.05) is 43.8 Å². The van der Waals surface area contributed by atoms with E-state index in [2.05, 4.69) is 49.4 Å². The third-order valence-electron chi connectivity index (χ3n) is 5.78. The van der Waals surface area contributed by atoms with E-state index in [1.807, 2.05) is 0 Å². The standard InChI is InChI=1S/C17H36N4/c1-15(2)12-20-8-6-17(13-18,7-9-20)21-11-10-19(5)16(3,4)14-21/h15H,6-14,18H2,1-5H3. The maximum Gasteiger partial charge on any atom is 0.0357 e. The van der Waals surface area contributed by atoms with Crippen LogP contribution in [-0.2, 0) is 0 Å². The molecule has 2 heterocycles. The van der Waals surface area contributed by atoms with E-state index in [4.69, 9.17) is 5.73 Å². The average Bonchev–Trinajstić information content (AvgIpc) is 2.42. The topological polar surface area (TPSA) is 35.7 Å². The molecule has 124 valence electrons. The number of hydrogen-bond acceptors (Lipinski definition) is 4. The summed E-state index contributed by atoms with van der Waals surface area (Å²) in [4.78, 5) is 7.82. The Morgan fingerprint density at radius 3 is 2.14 bits per heavy atom. The van der Waals surface area contributed by atoms with Gasteiger partial charge in [-0.1, -0.05) is 13.8 Å². The molecule has 0 spiro atoms. The first kappa shape index (κ1) is 17.2. The highest BCUT2D eigenvalue weighted by Gasteiger charge is 2.43. The molecule has 0 unspecified atom stereocenters. The van der Waals surface area contributed by atoms with Gasteiger partial charge in [-0.15, -0.1) is 0 Å². The van der Waals surface area contributed by atoms with Crippen LogP contribution >= 0.6 is 0 Å². The van der Waals surface area contributed by atoms with Crippen molar-refractivity contribution in [3.05, 3.63) is 0 Å². The Morgan fingerprint density at radius 1 is 1.05 bits per heavy atom. The zero-order valence-electron chi connectivity index (χ0n) is 14.9. The van der Waals surface area contributed by atoms with E-state index in [0.29, 0.717) is 0 Å². The lowest BCUT2D eigenvalue weighted by Gasteiger charge is -2.55. The molecule has 2 fully saturated rings. The van der Waals surface area contributed by atoms with Crippen LogP contribution in [0.1, 0.15) is 40.5 Å². The maximum atomic E-state index is 6.27. The largest absolute Gasteiger partial charge is 0.329 e. The van der Waals surface area contributed by atoms with Crippen molar-refractivity contribution in [3.63, 3.8) is 0 Å². The van der Waals surface area contributed by atoms with Crippen LogP contribution in [-0.4, -0.2) is 78.6 Å². The fraction of sp³-hybridized carbons (Fsp3) is 1.00. The van der Waals surface area contributed by atoms with Gasteiger partial charge in [-0.05, 0) is 52.7 Å². The van der Waals surface area contributed by atoms with Crippen LogP contribution < -0.4 is 5.73 Å². The summed E-state index contributed by atoms with van der Waals surface area (Å²) in [6.45, 7) is 17.3. The summed E-state index contributed by atoms with van der Waals surface area (Å²) < 4.78 is 0. The van der Waals surface area contributed by atoms with Crippen molar-refractivity contribution in [2.75, 3.05) is 52.9 Å². The van der Waals surface area contributed by atoms with Crippen LogP contribution in [0.4, 0.5) is 0 Å². The fourth-order valence-electron chi connectivity index (χ4n) is 3.96. The Kier molecular flexibility index (Phi) is 5.35. The van der Waals surface area contributed by atoms with Gasteiger partial charge in [0.15, 0.2) is 0 Å². The molecule has 0 atom stereocenters. The molecule has 4 heteroatoms. The Bertz CT molecular complexity index is 332. The fourth-order valence-corrected chi connectivity index (χ4v) is 3.96. The first-order valence-corrected chi connectivity index (χ1v) is 8.68. The molecule has 0 bridgehead atoms. The van der Waals surface area contributed by atoms with E-state index in [1.165, 1.54) is 39.0 Å². The van der Waals surface area contributed by atoms with Gasteiger partial charge < -0.3 is 10.6 Å². The third-order valence-corrected chi connectivity index (χ3v) is 5.78. The molecule has 0 radical (unpaired) electrons. The van der Waals surface area contributed by atoms with E-state index in [9.17, 15) is 0 Å². The van der Waals surface area contributed by atoms with Crippen molar-refractivity contribution in [3.8, 4) is 0 Å². The number of piperidine rings is 1. The van der Waals surface area contributed by atoms with Crippen LogP contribution in [0, 0.1) is 5.92 Å². The Hall–Kier alpha value is -0.160. The second-order valence-corrected chi connectivity index (χ2v) is 8.28. The number of hydrogen-bond donors (Lipinski definition) is 1. The normalized spacial score (nSPS) is 28.1. The molecule has 2 N–H and O–H groups in total. The summed E-state index contributed by atoms with van der Waals surface area (Å²) >= 11 is 0. The molecule has 0 aromatic heterocycles. The van der Waals surface area contributed by atoms with Crippen molar-refractivity contribution in [2.24, 2.45) is 11.7 Å². The molecular formula is C17H36N4. The SMILES string of the molecule is CC(C)CN1CCC(CN)(N2CCN(C)C(C)(C)C2)CC1. The predicted octanol–water partition coefficient (Wildman–Crippen LogP) is 1.46. The van der Waals surface area contributed by atoms with E-state index < -0.39 is 0 Å². The number of nitrogens with zero attached hydrogens (tertiary/aromatic N) is 3. The summed E-state index contributed by atoms with van der Waals surface area (Å²) in [7, 11) is 2.25. The van der Waals surface area contributed by atoms with Gasteiger partial charge in [0.2, 0.25) is 0 Å². The molecule has 21 heavy (non-hydrogen) atoms. The number of rotatable bonds is 4. The summed E-state index contributed by atoms with van der Waals surface area (Å²) in [5, 5.41) is 0. The zero-order valence-corrected chi connectivity index (χ0v) is 14.9. The Morgan fingerprint density at radius 2 is 1.67 bits per heavy atom. The van der Waals surface area contributed by atoms with Crippen LogP contribution in [0.5, 0.6) is 0 Å². The minimum atomic E-state index is 0.242. The van der Waals surface area contributed by atoms with Crippen molar-refractivity contribution in [1.29, 1.82) is 0 Å². The number of likely N-dealkylation sites (tertiary alicyclic amines) is 1. The second-order valence-electron chi connectivity index (χ2n) is 8.28. The first-order chi connectivity index (χ1) is 9.79. The summed E-state index contributed by atoms with van der Waals surface area (Å²) in [5.41, 5.74) is 6.77. The first-order valence-electron chi connectivity index (χ1n) is 8.68. The molecule has 0 amide bonds. The molecule has 4 nitrogen and oxygen atoms in total. The molecule has 2 rings (SSSR count). The Balaban J connectivity index is 2.00. The number of piperazine rings is 1. The highest BCUT2D eigenvalue weighted by Crippen LogP contribution is 2.32. The Labute approximate surface area is 131 Å². The van der Waals surface area contributed by atoms with Crippen LogP contribution in [0.15, 0.2) is 0 Å². The quantitative estimate of drug-likeness (QED) is 0.852. The predicted molar refractivity (Wildman–Crippen MR) is 90.6 cm³/mol. The van der Waals surface area contributed by atoms with Crippen LogP contribution in [0.3, 0.4) is 0 Å². The monoisotopic (exact) mass is 296 g/mol. The molecule has 0 saturated carbocycles.